The van der Waals surface area contributed by atoms with Gasteiger partial charge < -0.3 is 8.98 Å². The van der Waals surface area contributed by atoms with Gasteiger partial charge in [0.15, 0.2) is 8.32 Å². The third-order valence-electron chi connectivity index (χ3n) is 4.55. The van der Waals surface area contributed by atoms with Gasteiger partial charge in [0.1, 0.15) is 26.4 Å². The minimum Gasteiger partial charge on any atom is -0.591 e. The first-order chi connectivity index (χ1) is 11.7. The highest BCUT2D eigenvalue weighted by molar-refractivity contribution is 9.10. The van der Waals surface area contributed by atoms with Crippen molar-refractivity contribution < 1.29 is 8.98 Å². The first-order valence-corrected chi connectivity index (χ1v) is 13.8. The lowest BCUT2D eigenvalue weighted by Gasteiger charge is -2.36. The maximum absolute atomic E-state index is 12.5. The number of halogens is 1. The van der Waals surface area contributed by atoms with Gasteiger partial charge in [0.05, 0.1) is 5.69 Å². The molecule has 0 spiro atoms. The van der Waals surface area contributed by atoms with Gasteiger partial charge in [-0.2, -0.15) is 0 Å². The summed E-state index contributed by atoms with van der Waals surface area (Å²) in [5.74, 6) is 0. The molecule has 1 aromatic heterocycles. The van der Waals surface area contributed by atoms with Crippen molar-refractivity contribution in [1.82, 2.24) is 4.98 Å². The Bertz CT molecular complexity index is 625. The molecule has 0 aliphatic heterocycles. The molecule has 148 valence electrons. The summed E-state index contributed by atoms with van der Waals surface area (Å²) in [5, 5.41) is 0.198. The van der Waals surface area contributed by atoms with Gasteiger partial charge in [-0.25, -0.2) is 4.98 Å². The van der Waals surface area contributed by atoms with E-state index < -0.39 is 24.4 Å². The standard InChI is InChI=1S/C19H33BrN2O2SSi/c1-18(2,3)25(23)22-16(15-11-9-13-17(20)21-15)12-10-14-24-26(7,8)19(4,5)6/h9,11,13H,10,12,14H2,1-8H3. The average molecular weight is 462 g/mol. The fourth-order valence-corrected chi connectivity index (χ4v) is 3.90. The fraction of sp³-hybridized carbons (Fsp3) is 0.684. The van der Waals surface area contributed by atoms with E-state index in [-0.39, 0.29) is 5.04 Å². The van der Waals surface area contributed by atoms with Crippen molar-refractivity contribution in [2.24, 2.45) is 4.40 Å². The minimum atomic E-state index is -1.75. The van der Waals surface area contributed by atoms with E-state index in [0.29, 0.717) is 13.0 Å². The normalized spacial score (nSPS) is 15.2. The molecule has 0 aromatic carbocycles. The van der Waals surface area contributed by atoms with E-state index in [1.165, 1.54) is 0 Å². The largest absolute Gasteiger partial charge is 0.591 e. The lowest BCUT2D eigenvalue weighted by molar-refractivity contribution is 0.285. The van der Waals surface area contributed by atoms with E-state index in [2.05, 4.69) is 59.2 Å². The topological polar surface area (TPSA) is 57.5 Å². The second kappa shape index (κ2) is 9.32. The second-order valence-electron chi connectivity index (χ2n) is 8.96. The van der Waals surface area contributed by atoms with E-state index >= 15 is 0 Å². The monoisotopic (exact) mass is 460 g/mol. The lowest BCUT2D eigenvalue weighted by Crippen LogP contribution is -2.41. The second-order valence-corrected chi connectivity index (χ2v) is 16.5. The zero-order chi connectivity index (χ0) is 20.2. The van der Waals surface area contributed by atoms with Crippen LogP contribution in [0.4, 0.5) is 0 Å². The van der Waals surface area contributed by atoms with Crippen molar-refractivity contribution in [3.05, 3.63) is 28.5 Å². The van der Waals surface area contributed by atoms with Crippen LogP contribution in [0.2, 0.25) is 18.1 Å². The Hall–Kier alpha value is -0.213. The van der Waals surface area contributed by atoms with Gasteiger partial charge in [-0.1, -0.05) is 31.2 Å². The summed E-state index contributed by atoms with van der Waals surface area (Å²) >= 11 is 2.09. The molecule has 0 aliphatic rings. The number of hydrogen-bond donors (Lipinski definition) is 0. The van der Waals surface area contributed by atoms with Crippen LogP contribution in [-0.4, -0.2) is 34.9 Å². The SMILES string of the molecule is CC(C)(C)[S+]([O-])N=C(CCCO[Si](C)(C)C(C)(C)C)c1cccc(Br)n1. The molecule has 0 aliphatic carbocycles. The molecule has 0 amide bonds. The van der Waals surface area contributed by atoms with Gasteiger partial charge in [0.25, 0.3) is 0 Å². The fourth-order valence-electron chi connectivity index (χ4n) is 1.81. The number of hydrogen-bond acceptors (Lipinski definition) is 4. The molecule has 1 aromatic rings. The quantitative estimate of drug-likeness (QED) is 0.167. The molecule has 0 saturated carbocycles. The molecule has 1 unspecified atom stereocenters. The Morgan fingerprint density at radius 1 is 1.23 bits per heavy atom. The predicted octanol–water partition coefficient (Wildman–Crippen LogP) is 5.90. The van der Waals surface area contributed by atoms with Gasteiger partial charge in [-0.05, 0) is 79.8 Å². The van der Waals surface area contributed by atoms with Gasteiger partial charge in [-0.15, -0.1) is 0 Å². The third-order valence-corrected chi connectivity index (χ3v) is 11.0. The summed E-state index contributed by atoms with van der Waals surface area (Å²) in [7, 11) is -1.75. The highest BCUT2D eigenvalue weighted by atomic mass is 79.9. The zero-order valence-electron chi connectivity index (χ0n) is 17.4. The van der Waals surface area contributed by atoms with Crippen LogP contribution in [0.15, 0.2) is 27.2 Å². The first kappa shape index (κ1) is 23.8. The van der Waals surface area contributed by atoms with Crippen molar-refractivity contribution in [3.8, 4) is 0 Å². The van der Waals surface area contributed by atoms with Crippen molar-refractivity contribution in [2.75, 3.05) is 6.61 Å². The average Bonchev–Trinajstić information content (AvgIpc) is 2.48. The van der Waals surface area contributed by atoms with Gasteiger partial charge in [0.2, 0.25) is 0 Å². The molecule has 1 heterocycles. The smallest absolute Gasteiger partial charge is 0.191 e. The van der Waals surface area contributed by atoms with Crippen LogP contribution in [0.5, 0.6) is 0 Å². The molecule has 0 saturated heterocycles. The Balaban J connectivity index is 2.86. The Kier molecular flexibility index (Phi) is 8.54. The van der Waals surface area contributed by atoms with Gasteiger partial charge >= 0.3 is 0 Å². The number of rotatable bonds is 7. The molecule has 0 radical (unpaired) electrons. The maximum atomic E-state index is 12.5. The van der Waals surface area contributed by atoms with Crippen LogP contribution in [0.3, 0.4) is 0 Å². The molecular weight excluding hydrogens is 428 g/mol. The van der Waals surface area contributed by atoms with Crippen LogP contribution in [0, 0.1) is 0 Å². The molecular formula is C19H33BrN2O2SSi. The molecule has 0 bridgehead atoms. The minimum absolute atomic E-state index is 0.198. The zero-order valence-corrected chi connectivity index (χ0v) is 20.8. The Labute approximate surface area is 171 Å². The molecule has 0 fully saturated rings. The number of pyridine rings is 1. The third kappa shape index (κ3) is 7.42. The van der Waals surface area contributed by atoms with E-state index in [0.717, 1.165) is 22.4 Å². The highest BCUT2D eigenvalue weighted by Crippen LogP contribution is 2.36. The van der Waals surface area contributed by atoms with E-state index in [4.69, 9.17) is 4.43 Å². The maximum Gasteiger partial charge on any atom is 0.191 e. The van der Waals surface area contributed by atoms with E-state index in [9.17, 15) is 4.55 Å². The summed E-state index contributed by atoms with van der Waals surface area (Å²) < 4.78 is 23.6. The Morgan fingerprint density at radius 2 is 1.85 bits per heavy atom. The molecule has 26 heavy (non-hydrogen) atoms. The summed E-state index contributed by atoms with van der Waals surface area (Å²) in [6.45, 7) is 17.7. The summed E-state index contributed by atoms with van der Waals surface area (Å²) in [4.78, 5) is 4.49. The Morgan fingerprint density at radius 3 is 2.35 bits per heavy atom. The summed E-state index contributed by atoms with van der Waals surface area (Å²) in [6, 6.07) is 5.72. The number of aromatic nitrogens is 1. The van der Waals surface area contributed by atoms with Crippen LogP contribution >= 0.6 is 15.9 Å². The summed E-state index contributed by atoms with van der Waals surface area (Å²) in [6.07, 6.45) is 1.53. The van der Waals surface area contributed by atoms with Crippen molar-refractivity contribution in [1.29, 1.82) is 0 Å². The first-order valence-electron chi connectivity index (χ1n) is 9.00. The number of nitrogens with zero attached hydrogens (tertiary/aromatic N) is 2. The van der Waals surface area contributed by atoms with Crippen LogP contribution in [0.25, 0.3) is 0 Å². The van der Waals surface area contributed by atoms with Crippen molar-refractivity contribution in [2.45, 2.75) is 77.3 Å². The molecule has 1 rings (SSSR count). The van der Waals surface area contributed by atoms with Crippen molar-refractivity contribution in [3.63, 3.8) is 0 Å². The molecule has 0 N–H and O–H groups in total. The van der Waals surface area contributed by atoms with Gasteiger partial charge in [0, 0.05) is 6.61 Å². The lowest BCUT2D eigenvalue weighted by atomic mass is 10.1. The molecule has 7 heteroatoms. The predicted molar refractivity (Wildman–Crippen MR) is 119 cm³/mol. The van der Waals surface area contributed by atoms with Crippen LogP contribution in [-0.2, 0) is 15.8 Å². The van der Waals surface area contributed by atoms with Gasteiger partial charge in [-0.3, -0.25) is 0 Å². The highest BCUT2D eigenvalue weighted by Gasteiger charge is 2.36. The molecule has 1 atom stereocenters. The van der Waals surface area contributed by atoms with Crippen LogP contribution in [0.1, 0.15) is 60.1 Å². The van der Waals surface area contributed by atoms with Crippen molar-refractivity contribution >= 4 is 41.3 Å². The van der Waals surface area contributed by atoms with Crippen LogP contribution < -0.4 is 0 Å². The summed E-state index contributed by atoms with van der Waals surface area (Å²) in [5.41, 5.74) is 1.54. The molecule has 4 nitrogen and oxygen atoms in total. The van der Waals surface area contributed by atoms with E-state index in [1.54, 1.807) is 0 Å². The van der Waals surface area contributed by atoms with E-state index in [1.807, 2.05) is 39.0 Å².